The van der Waals surface area contributed by atoms with Gasteiger partial charge in [-0.05, 0) is 54.2 Å². The Labute approximate surface area is 150 Å². The van der Waals surface area contributed by atoms with E-state index in [1.54, 1.807) is 6.07 Å². The van der Waals surface area contributed by atoms with Crippen molar-refractivity contribution in [3.63, 3.8) is 0 Å². The Balaban J connectivity index is 1.70. The molecule has 2 bridgehead atoms. The van der Waals surface area contributed by atoms with E-state index in [2.05, 4.69) is 18.3 Å². The van der Waals surface area contributed by atoms with Crippen LogP contribution in [0.25, 0.3) is 0 Å². The van der Waals surface area contributed by atoms with Crippen LogP contribution in [0.2, 0.25) is 0 Å². The lowest BCUT2D eigenvalue weighted by atomic mass is 9.77. The van der Waals surface area contributed by atoms with Crippen LogP contribution in [0, 0.1) is 0 Å². The second-order valence-electron chi connectivity index (χ2n) is 7.54. The van der Waals surface area contributed by atoms with Crippen LogP contribution in [0.5, 0.6) is 0 Å². The van der Waals surface area contributed by atoms with E-state index in [0.717, 1.165) is 37.4 Å². The van der Waals surface area contributed by atoms with Crippen LogP contribution < -0.4 is 5.32 Å². The highest BCUT2D eigenvalue weighted by molar-refractivity contribution is 6.06. The van der Waals surface area contributed by atoms with E-state index in [1.807, 2.05) is 6.07 Å². The summed E-state index contributed by atoms with van der Waals surface area (Å²) in [5.41, 5.74) is 1.97. The zero-order chi connectivity index (χ0) is 18.7. The predicted octanol–water partition coefficient (Wildman–Crippen LogP) is 5.23. The number of aryl methyl sites for hydroxylation is 1. The van der Waals surface area contributed by atoms with E-state index in [-0.39, 0.29) is 11.0 Å². The quantitative estimate of drug-likeness (QED) is 0.797. The number of carbonyl (C=O) groups excluding carboxylic acids is 1. The Morgan fingerprint density at radius 1 is 1.35 bits per heavy atom. The lowest BCUT2D eigenvalue weighted by Crippen LogP contribution is -2.21. The van der Waals surface area contributed by atoms with Crippen molar-refractivity contribution in [2.24, 2.45) is 7.05 Å². The summed E-state index contributed by atoms with van der Waals surface area (Å²) in [6.45, 7) is 2.18. The third-order valence-corrected chi connectivity index (χ3v) is 6.12. The lowest BCUT2D eigenvalue weighted by Gasteiger charge is -2.28. The van der Waals surface area contributed by atoms with Gasteiger partial charge in [0.2, 0.25) is 0 Å². The number of hydrogen-bond donors (Lipinski definition) is 1. The summed E-state index contributed by atoms with van der Waals surface area (Å²) in [6.07, 6.45) is 1.95. The minimum Gasteiger partial charge on any atom is -0.356 e. The molecule has 2 aliphatic rings. The average Bonchev–Trinajstić information content (AvgIpc) is 3.26. The number of halogens is 3. The smallest absolute Gasteiger partial charge is 0.356 e. The Hall–Kier alpha value is -2.24. The van der Waals surface area contributed by atoms with Gasteiger partial charge in [-0.2, -0.15) is 13.2 Å². The minimum absolute atomic E-state index is 0.171. The SMILES string of the molecule is CCC12CCC(C1)c1c(NC(=O)c3cn(C)cc3C(F)(F)F)cccc12. The predicted molar refractivity (Wildman–Crippen MR) is 93.4 cm³/mol. The van der Waals surface area contributed by atoms with Crippen LogP contribution in [0.4, 0.5) is 18.9 Å². The molecule has 4 rings (SSSR count). The van der Waals surface area contributed by atoms with Crippen LogP contribution in [0.15, 0.2) is 30.6 Å². The van der Waals surface area contributed by atoms with Crippen molar-refractivity contribution < 1.29 is 18.0 Å². The summed E-state index contributed by atoms with van der Waals surface area (Å²) in [4.78, 5) is 12.6. The normalized spacial score (nSPS) is 24.0. The summed E-state index contributed by atoms with van der Waals surface area (Å²) >= 11 is 0. The number of rotatable bonds is 3. The van der Waals surface area contributed by atoms with E-state index < -0.39 is 17.6 Å². The molecule has 1 saturated carbocycles. The molecule has 2 aromatic rings. The number of alkyl halides is 3. The van der Waals surface area contributed by atoms with E-state index in [1.165, 1.54) is 23.4 Å². The van der Waals surface area contributed by atoms with Gasteiger partial charge in [0.1, 0.15) is 0 Å². The van der Waals surface area contributed by atoms with Crippen molar-refractivity contribution in [1.29, 1.82) is 0 Å². The Morgan fingerprint density at radius 3 is 2.81 bits per heavy atom. The second-order valence-corrected chi connectivity index (χ2v) is 7.54. The van der Waals surface area contributed by atoms with Gasteiger partial charge in [0.25, 0.3) is 5.91 Å². The van der Waals surface area contributed by atoms with Crippen molar-refractivity contribution in [2.75, 3.05) is 5.32 Å². The van der Waals surface area contributed by atoms with E-state index in [9.17, 15) is 18.0 Å². The summed E-state index contributed by atoms with van der Waals surface area (Å²) < 4.78 is 40.9. The summed E-state index contributed by atoms with van der Waals surface area (Å²) in [5, 5.41) is 2.76. The third-order valence-electron chi connectivity index (χ3n) is 6.12. The molecule has 2 unspecified atom stereocenters. The fraction of sp³-hybridized carbons (Fsp3) is 0.450. The molecule has 3 nitrogen and oxygen atoms in total. The van der Waals surface area contributed by atoms with Gasteiger partial charge in [-0.25, -0.2) is 0 Å². The Bertz CT molecular complexity index is 884. The first-order valence-corrected chi connectivity index (χ1v) is 8.93. The van der Waals surface area contributed by atoms with E-state index >= 15 is 0 Å². The van der Waals surface area contributed by atoms with Crippen molar-refractivity contribution in [2.45, 2.75) is 50.1 Å². The maximum Gasteiger partial charge on any atom is 0.418 e. The van der Waals surface area contributed by atoms with Crippen LogP contribution in [0.1, 0.15) is 65.6 Å². The summed E-state index contributed by atoms with van der Waals surface area (Å²) in [5.74, 6) is -0.320. The fourth-order valence-corrected chi connectivity index (χ4v) is 4.89. The molecule has 1 heterocycles. The van der Waals surface area contributed by atoms with E-state index in [0.29, 0.717) is 11.6 Å². The maximum atomic E-state index is 13.2. The number of aromatic nitrogens is 1. The Kier molecular flexibility index (Phi) is 3.72. The van der Waals surface area contributed by atoms with Crippen molar-refractivity contribution >= 4 is 11.6 Å². The number of anilines is 1. The van der Waals surface area contributed by atoms with Crippen LogP contribution in [0.3, 0.4) is 0 Å². The molecular formula is C20H21F3N2O. The van der Waals surface area contributed by atoms with Gasteiger partial charge in [-0.1, -0.05) is 19.1 Å². The molecule has 26 heavy (non-hydrogen) atoms. The van der Waals surface area contributed by atoms with Gasteiger partial charge in [-0.15, -0.1) is 0 Å². The topological polar surface area (TPSA) is 34.0 Å². The number of carbonyl (C=O) groups is 1. The largest absolute Gasteiger partial charge is 0.418 e. The number of benzene rings is 1. The molecule has 1 N–H and O–H groups in total. The monoisotopic (exact) mass is 362 g/mol. The van der Waals surface area contributed by atoms with Gasteiger partial charge in [0.15, 0.2) is 0 Å². The van der Waals surface area contributed by atoms with Crippen LogP contribution in [-0.2, 0) is 18.6 Å². The van der Waals surface area contributed by atoms with Gasteiger partial charge in [0.05, 0.1) is 11.1 Å². The molecule has 1 aromatic carbocycles. The highest BCUT2D eigenvalue weighted by atomic mass is 19.4. The molecule has 0 radical (unpaired) electrons. The lowest BCUT2D eigenvalue weighted by molar-refractivity contribution is -0.137. The summed E-state index contributed by atoms with van der Waals surface area (Å²) in [6, 6.07) is 5.80. The number of hydrogen-bond acceptors (Lipinski definition) is 1. The average molecular weight is 362 g/mol. The molecule has 0 spiro atoms. The first-order valence-electron chi connectivity index (χ1n) is 8.93. The van der Waals surface area contributed by atoms with Crippen LogP contribution >= 0.6 is 0 Å². The van der Waals surface area contributed by atoms with Gasteiger partial charge in [-0.3, -0.25) is 4.79 Å². The number of nitrogens with one attached hydrogen (secondary N) is 1. The fourth-order valence-electron chi connectivity index (χ4n) is 4.89. The molecule has 0 aliphatic heterocycles. The molecule has 1 amide bonds. The van der Waals surface area contributed by atoms with Gasteiger partial charge in [0, 0.05) is 25.1 Å². The zero-order valence-corrected chi connectivity index (χ0v) is 14.8. The molecule has 2 atom stereocenters. The minimum atomic E-state index is -4.56. The summed E-state index contributed by atoms with van der Waals surface area (Å²) in [7, 11) is 1.48. The molecule has 1 aromatic heterocycles. The maximum absolute atomic E-state index is 13.2. The molecule has 1 fully saturated rings. The number of amides is 1. The van der Waals surface area contributed by atoms with E-state index in [4.69, 9.17) is 0 Å². The highest BCUT2D eigenvalue weighted by Gasteiger charge is 2.48. The van der Waals surface area contributed by atoms with Crippen molar-refractivity contribution in [1.82, 2.24) is 4.57 Å². The first kappa shape index (κ1) is 17.2. The molecule has 6 heteroatoms. The zero-order valence-electron chi connectivity index (χ0n) is 14.8. The van der Waals surface area contributed by atoms with Gasteiger partial charge < -0.3 is 9.88 Å². The molecule has 0 saturated heterocycles. The standard InChI is InChI=1S/C20H21F3N2O/c1-3-19-8-7-12(9-19)17-14(19)5-4-6-16(17)24-18(26)13-10-25(2)11-15(13)20(21,22)23/h4-6,10-12H,3,7-9H2,1-2H3,(H,24,26). The van der Waals surface area contributed by atoms with Crippen molar-refractivity contribution in [3.05, 3.63) is 52.8 Å². The van der Waals surface area contributed by atoms with Crippen molar-refractivity contribution in [3.8, 4) is 0 Å². The Morgan fingerprint density at radius 2 is 2.12 bits per heavy atom. The molecule has 138 valence electrons. The van der Waals surface area contributed by atoms with Gasteiger partial charge >= 0.3 is 6.18 Å². The third kappa shape index (κ3) is 2.46. The highest BCUT2D eigenvalue weighted by Crippen LogP contribution is 2.60. The number of fused-ring (bicyclic) bond motifs is 5. The first-order chi connectivity index (χ1) is 12.2. The molecular weight excluding hydrogens is 341 g/mol. The van der Waals surface area contributed by atoms with Crippen LogP contribution in [-0.4, -0.2) is 10.5 Å². The second kappa shape index (κ2) is 5.63. The molecule has 2 aliphatic carbocycles. The number of nitrogens with zero attached hydrogens (tertiary/aromatic N) is 1.